The van der Waals surface area contributed by atoms with Crippen molar-refractivity contribution >= 4 is 23.6 Å². The Hall–Kier alpha value is -2.04. The molecule has 0 saturated carbocycles. The zero-order chi connectivity index (χ0) is 19.7. The summed E-state index contributed by atoms with van der Waals surface area (Å²) in [5, 5.41) is 8.92. The van der Waals surface area contributed by atoms with E-state index in [0.717, 1.165) is 39.0 Å². The molecule has 28 heavy (non-hydrogen) atoms. The van der Waals surface area contributed by atoms with Crippen molar-refractivity contribution in [3.63, 3.8) is 0 Å². The molecule has 1 aromatic carbocycles. The molecule has 2 unspecified atom stereocenters. The van der Waals surface area contributed by atoms with Crippen molar-refractivity contribution in [1.29, 1.82) is 5.26 Å². The third kappa shape index (κ3) is 3.63. The Labute approximate surface area is 170 Å². The molecule has 2 atom stereocenters. The predicted octanol–water partition coefficient (Wildman–Crippen LogP) is 2.05. The van der Waals surface area contributed by atoms with Gasteiger partial charge in [-0.25, -0.2) is 0 Å². The third-order valence-corrected chi connectivity index (χ3v) is 7.62. The zero-order valence-electron chi connectivity index (χ0n) is 16.3. The first-order valence-electron chi connectivity index (χ1n) is 9.96. The topological polar surface area (TPSA) is 67.7 Å². The number of carbonyl (C=O) groups excluding carboxylic acids is 2. The fraction of sp³-hybridized carbons (Fsp3) is 0.571. The first-order valence-corrected chi connectivity index (χ1v) is 10.9. The van der Waals surface area contributed by atoms with Crippen molar-refractivity contribution in [1.82, 2.24) is 14.7 Å². The van der Waals surface area contributed by atoms with Crippen LogP contribution >= 0.6 is 11.8 Å². The molecule has 3 heterocycles. The van der Waals surface area contributed by atoms with Crippen LogP contribution in [0.3, 0.4) is 0 Å². The maximum Gasteiger partial charge on any atom is 0.246 e. The minimum atomic E-state index is -0.296. The number of rotatable bonds is 3. The summed E-state index contributed by atoms with van der Waals surface area (Å²) in [4.78, 5) is 31.5. The van der Waals surface area contributed by atoms with E-state index in [-0.39, 0.29) is 22.7 Å². The Kier molecular flexibility index (Phi) is 5.35. The number of benzene rings is 1. The number of thioether (sulfide) groups is 1. The molecule has 0 bridgehead atoms. The average molecular weight is 399 g/mol. The van der Waals surface area contributed by atoms with Gasteiger partial charge in [0.15, 0.2) is 0 Å². The second-order valence-corrected chi connectivity index (χ2v) is 9.53. The first kappa shape index (κ1) is 19.3. The van der Waals surface area contributed by atoms with E-state index in [9.17, 15) is 9.59 Å². The van der Waals surface area contributed by atoms with Crippen LogP contribution in [0.5, 0.6) is 0 Å². The molecule has 0 N–H and O–H groups in total. The molecular formula is C21H26N4O2S. The molecule has 3 saturated heterocycles. The molecule has 1 aromatic rings. The number of fused-ring (bicyclic) bond motifs is 1. The minimum Gasteiger partial charge on any atom is -0.340 e. The van der Waals surface area contributed by atoms with Gasteiger partial charge in [0.05, 0.1) is 16.5 Å². The predicted molar refractivity (Wildman–Crippen MR) is 108 cm³/mol. The van der Waals surface area contributed by atoms with E-state index < -0.39 is 0 Å². The van der Waals surface area contributed by atoms with Gasteiger partial charge in [0, 0.05) is 44.9 Å². The van der Waals surface area contributed by atoms with Gasteiger partial charge in [-0.2, -0.15) is 5.26 Å². The molecule has 0 aromatic heterocycles. The molecule has 3 fully saturated rings. The molecule has 3 aliphatic heterocycles. The van der Waals surface area contributed by atoms with E-state index in [0.29, 0.717) is 24.3 Å². The van der Waals surface area contributed by atoms with E-state index in [1.54, 1.807) is 11.8 Å². The Morgan fingerprint density at radius 1 is 1.25 bits per heavy atom. The summed E-state index contributed by atoms with van der Waals surface area (Å²) in [5.41, 5.74) is 1.86. The summed E-state index contributed by atoms with van der Waals surface area (Å²) < 4.78 is 0. The van der Waals surface area contributed by atoms with Gasteiger partial charge in [-0.05, 0) is 37.5 Å². The van der Waals surface area contributed by atoms with Gasteiger partial charge in [0.25, 0.3) is 0 Å². The first-order chi connectivity index (χ1) is 13.5. The number of hydrogen-bond donors (Lipinski definition) is 0. The number of hydrogen-bond acceptors (Lipinski definition) is 5. The Balaban J connectivity index is 1.36. The van der Waals surface area contributed by atoms with Crippen LogP contribution in [0, 0.1) is 11.3 Å². The van der Waals surface area contributed by atoms with Crippen LogP contribution in [0.1, 0.15) is 37.3 Å². The summed E-state index contributed by atoms with van der Waals surface area (Å²) in [6.45, 7) is 6.16. The summed E-state index contributed by atoms with van der Waals surface area (Å²) in [6, 6.07) is 9.56. The van der Waals surface area contributed by atoms with Gasteiger partial charge in [-0.3, -0.25) is 14.5 Å². The number of nitriles is 1. The SMILES string of the molecule is CC12CCC(=O)N1C(C(=O)N1CCCN(Cc3ccc(C#N)cc3)CC1)CS2. The highest BCUT2D eigenvalue weighted by atomic mass is 32.2. The van der Waals surface area contributed by atoms with Crippen molar-refractivity contribution in [2.45, 2.75) is 43.6 Å². The zero-order valence-corrected chi connectivity index (χ0v) is 17.1. The van der Waals surface area contributed by atoms with Crippen molar-refractivity contribution < 1.29 is 9.59 Å². The number of nitrogens with zero attached hydrogens (tertiary/aromatic N) is 4. The standard InChI is InChI=1S/C21H26N4O2S/c1-21-8-7-19(26)25(21)18(15-28-21)20(27)24-10-2-9-23(11-12-24)14-17-5-3-16(13-22)4-6-17/h3-6,18H,2,7-12,14-15H2,1H3. The lowest BCUT2D eigenvalue weighted by Gasteiger charge is -2.32. The molecular weight excluding hydrogens is 372 g/mol. The lowest BCUT2D eigenvalue weighted by molar-refractivity contribution is -0.143. The molecule has 2 amide bonds. The van der Waals surface area contributed by atoms with Crippen LogP contribution in [-0.2, 0) is 16.1 Å². The van der Waals surface area contributed by atoms with E-state index in [1.165, 1.54) is 5.56 Å². The van der Waals surface area contributed by atoms with Crippen LogP contribution in [0.15, 0.2) is 24.3 Å². The van der Waals surface area contributed by atoms with Crippen molar-refractivity contribution in [2.75, 3.05) is 31.9 Å². The fourth-order valence-corrected chi connectivity index (χ4v) is 5.93. The van der Waals surface area contributed by atoms with Gasteiger partial charge < -0.3 is 9.80 Å². The molecule has 0 aliphatic carbocycles. The lowest BCUT2D eigenvalue weighted by Crippen LogP contribution is -2.52. The molecule has 3 aliphatic rings. The summed E-state index contributed by atoms with van der Waals surface area (Å²) >= 11 is 1.75. The van der Waals surface area contributed by atoms with Gasteiger partial charge in [-0.1, -0.05) is 12.1 Å². The number of carbonyl (C=O) groups is 2. The lowest BCUT2D eigenvalue weighted by atomic mass is 10.1. The summed E-state index contributed by atoms with van der Waals surface area (Å²) in [6.07, 6.45) is 2.34. The van der Waals surface area contributed by atoms with Gasteiger partial charge in [-0.15, -0.1) is 11.8 Å². The molecule has 0 radical (unpaired) electrons. The van der Waals surface area contributed by atoms with Crippen LogP contribution < -0.4 is 0 Å². The van der Waals surface area contributed by atoms with Crippen molar-refractivity contribution in [3.8, 4) is 6.07 Å². The highest BCUT2D eigenvalue weighted by molar-refractivity contribution is 8.01. The molecule has 6 nitrogen and oxygen atoms in total. The van der Waals surface area contributed by atoms with E-state index in [2.05, 4.69) is 17.9 Å². The van der Waals surface area contributed by atoms with E-state index >= 15 is 0 Å². The second-order valence-electron chi connectivity index (χ2n) is 8.03. The summed E-state index contributed by atoms with van der Waals surface area (Å²) in [7, 11) is 0. The van der Waals surface area contributed by atoms with E-state index in [4.69, 9.17) is 5.26 Å². The van der Waals surface area contributed by atoms with Crippen LogP contribution in [0.2, 0.25) is 0 Å². The molecule has 148 valence electrons. The van der Waals surface area contributed by atoms with Crippen LogP contribution in [0.4, 0.5) is 0 Å². The van der Waals surface area contributed by atoms with E-state index in [1.807, 2.05) is 34.1 Å². The van der Waals surface area contributed by atoms with Gasteiger partial charge >= 0.3 is 0 Å². The van der Waals surface area contributed by atoms with Crippen LogP contribution in [-0.4, -0.2) is 69.4 Å². The van der Waals surface area contributed by atoms with Gasteiger partial charge in [0.1, 0.15) is 6.04 Å². The fourth-order valence-electron chi connectivity index (χ4n) is 4.51. The normalized spacial score (nSPS) is 28.1. The minimum absolute atomic E-state index is 0.117. The highest BCUT2D eigenvalue weighted by Crippen LogP contribution is 2.47. The van der Waals surface area contributed by atoms with Crippen LogP contribution in [0.25, 0.3) is 0 Å². The molecule has 4 rings (SSSR count). The Morgan fingerprint density at radius 2 is 2.04 bits per heavy atom. The largest absolute Gasteiger partial charge is 0.340 e. The highest BCUT2D eigenvalue weighted by Gasteiger charge is 2.53. The van der Waals surface area contributed by atoms with Gasteiger partial charge in [0.2, 0.25) is 11.8 Å². The van der Waals surface area contributed by atoms with Crippen molar-refractivity contribution in [3.05, 3.63) is 35.4 Å². The molecule has 0 spiro atoms. The maximum atomic E-state index is 13.2. The summed E-state index contributed by atoms with van der Waals surface area (Å²) in [5.74, 6) is 0.960. The maximum absolute atomic E-state index is 13.2. The third-order valence-electron chi connectivity index (χ3n) is 6.12. The van der Waals surface area contributed by atoms with Crippen molar-refractivity contribution in [2.24, 2.45) is 0 Å². The smallest absolute Gasteiger partial charge is 0.246 e. The Morgan fingerprint density at radius 3 is 2.79 bits per heavy atom. The monoisotopic (exact) mass is 398 g/mol. The molecule has 7 heteroatoms. The second kappa shape index (κ2) is 7.76. The Bertz CT molecular complexity index is 806. The average Bonchev–Trinajstić information content (AvgIpc) is 3.08. The number of amides is 2. The quantitative estimate of drug-likeness (QED) is 0.780.